The number of hydrogen-bond acceptors (Lipinski definition) is 4. The van der Waals surface area contributed by atoms with E-state index in [-0.39, 0.29) is 0 Å². The van der Waals surface area contributed by atoms with Gasteiger partial charge in [-0.25, -0.2) is 4.98 Å². The number of fused-ring (bicyclic) bond motifs is 6. The van der Waals surface area contributed by atoms with Crippen molar-refractivity contribution in [2.45, 2.75) is 0 Å². The minimum absolute atomic E-state index is 0.560. The lowest BCUT2D eigenvalue weighted by atomic mass is 10.0. The summed E-state index contributed by atoms with van der Waals surface area (Å²) in [6.07, 6.45) is 0. The fourth-order valence-corrected chi connectivity index (χ4v) is 7.04. The molecule has 0 radical (unpaired) electrons. The Morgan fingerprint density at radius 3 is 1.62 bits per heavy atom. The average Bonchev–Trinajstić information content (AvgIpc) is 3.73. The standard InChI is InChI=1S/C45H28N4O/c1-4-12-29(13-5-1)32-21-24-40-37(26-32)35-18-10-11-19-39(35)49(40)45-47-43(31-16-8-3-9-17-31)46-44(48-45)34-20-23-36-38-27-33(30-14-6-2-7-15-30)22-25-41(38)50-42(36)28-34/h1-28H. The number of nitrogens with zero attached hydrogens (tertiary/aromatic N) is 4. The van der Waals surface area contributed by atoms with Crippen LogP contribution in [0.2, 0.25) is 0 Å². The van der Waals surface area contributed by atoms with Crippen molar-refractivity contribution >= 4 is 43.7 Å². The lowest BCUT2D eigenvalue weighted by Gasteiger charge is -2.11. The van der Waals surface area contributed by atoms with Crippen molar-refractivity contribution in [2.24, 2.45) is 0 Å². The third-order valence-electron chi connectivity index (χ3n) is 9.47. The highest BCUT2D eigenvalue weighted by Crippen LogP contribution is 2.37. The van der Waals surface area contributed by atoms with Gasteiger partial charge < -0.3 is 4.42 Å². The number of aromatic nitrogens is 4. The van der Waals surface area contributed by atoms with Gasteiger partial charge in [-0.05, 0) is 64.7 Å². The summed E-state index contributed by atoms with van der Waals surface area (Å²) in [4.78, 5) is 15.3. The zero-order valence-corrected chi connectivity index (χ0v) is 26.9. The SMILES string of the molecule is c1ccc(-c2ccc3oc4cc(-c5nc(-c6ccccc6)nc(-n6c7ccccc7c7cc(-c8ccccc8)ccc76)n5)ccc4c3c2)cc1. The van der Waals surface area contributed by atoms with Crippen molar-refractivity contribution in [3.05, 3.63) is 170 Å². The summed E-state index contributed by atoms with van der Waals surface area (Å²) in [6.45, 7) is 0. The van der Waals surface area contributed by atoms with Crippen molar-refractivity contribution in [3.63, 3.8) is 0 Å². The summed E-state index contributed by atoms with van der Waals surface area (Å²) in [5.74, 6) is 1.74. The lowest BCUT2D eigenvalue weighted by Crippen LogP contribution is -2.06. The molecule has 234 valence electrons. The van der Waals surface area contributed by atoms with Gasteiger partial charge in [-0.2, -0.15) is 9.97 Å². The molecule has 0 fully saturated rings. The molecule has 0 saturated heterocycles. The lowest BCUT2D eigenvalue weighted by molar-refractivity contribution is 0.669. The number of benzene rings is 7. The van der Waals surface area contributed by atoms with E-state index in [2.05, 4.69) is 126 Å². The second-order valence-corrected chi connectivity index (χ2v) is 12.5. The van der Waals surface area contributed by atoms with Gasteiger partial charge in [-0.15, -0.1) is 0 Å². The van der Waals surface area contributed by atoms with E-state index < -0.39 is 0 Å². The molecule has 0 saturated carbocycles. The average molecular weight is 641 g/mol. The van der Waals surface area contributed by atoms with Crippen LogP contribution in [0.25, 0.3) is 94.7 Å². The molecule has 10 rings (SSSR count). The molecule has 5 nitrogen and oxygen atoms in total. The van der Waals surface area contributed by atoms with Gasteiger partial charge in [0, 0.05) is 32.7 Å². The molecule has 0 amide bonds. The van der Waals surface area contributed by atoms with Crippen LogP contribution in [0.3, 0.4) is 0 Å². The normalized spacial score (nSPS) is 11.6. The number of rotatable bonds is 5. The first-order chi connectivity index (χ1) is 24.8. The molecule has 0 aliphatic heterocycles. The van der Waals surface area contributed by atoms with Gasteiger partial charge in [0.15, 0.2) is 11.6 Å². The molecule has 0 aliphatic rings. The molecule has 0 N–H and O–H groups in total. The summed E-state index contributed by atoms with van der Waals surface area (Å²) in [6, 6.07) is 58.7. The number of hydrogen-bond donors (Lipinski definition) is 0. The Morgan fingerprint density at radius 1 is 0.340 bits per heavy atom. The van der Waals surface area contributed by atoms with E-state index in [1.54, 1.807) is 0 Å². The zero-order chi connectivity index (χ0) is 33.0. The smallest absolute Gasteiger partial charge is 0.238 e. The van der Waals surface area contributed by atoms with Gasteiger partial charge in [0.2, 0.25) is 5.95 Å². The first-order valence-electron chi connectivity index (χ1n) is 16.7. The van der Waals surface area contributed by atoms with E-state index in [0.29, 0.717) is 17.6 Å². The van der Waals surface area contributed by atoms with E-state index in [9.17, 15) is 0 Å². The van der Waals surface area contributed by atoms with Crippen LogP contribution in [0, 0.1) is 0 Å². The molecule has 50 heavy (non-hydrogen) atoms. The molecular weight excluding hydrogens is 613 g/mol. The molecule has 0 aliphatic carbocycles. The fourth-order valence-electron chi connectivity index (χ4n) is 7.04. The highest BCUT2D eigenvalue weighted by atomic mass is 16.3. The Balaban J connectivity index is 1.16. The Hall–Kier alpha value is -6.85. The monoisotopic (exact) mass is 640 g/mol. The first-order valence-corrected chi connectivity index (χ1v) is 16.7. The van der Waals surface area contributed by atoms with Crippen molar-refractivity contribution in [1.29, 1.82) is 0 Å². The Kier molecular flexibility index (Phi) is 6.42. The summed E-state index contributed by atoms with van der Waals surface area (Å²) >= 11 is 0. The third kappa shape index (κ3) is 4.67. The molecule has 5 heteroatoms. The Morgan fingerprint density at radius 2 is 0.900 bits per heavy atom. The predicted molar refractivity (Wildman–Crippen MR) is 203 cm³/mol. The van der Waals surface area contributed by atoms with Gasteiger partial charge in [-0.1, -0.05) is 127 Å². The minimum Gasteiger partial charge on any atom is -0.456 e. The van der Waals surface area contributed by atoms with Crippen LogP contribution >= 0.6 is 0 Å². The maximum Gasteiger partial charge on any atom is 0.238 e. The zero-order valence-electron chi connectivity index (χ0n) is 26.9. The molecule has 7 aromatic carbocycles. The van der Waals surface area contributed by atoms with Crippen LogP contribution < -0.4 is 0 Å². The molecular formula is C45H28N4O. The predicted octanol–water partition coefficient (Wildman–Crippen LogP) is 11.5. The molecule has 0 atom stereocenters. The Labute approximate surface area is 287 Å². The molecule has 0 unspecified atom stereocenters. The van der Waals surface area contributed by atoms with E-state index in [0.717, 1.165) is 66.0 Å². The summed E-state index contributed by atoms with van der Waals surface area (Å²) in [7, 11) is 0. The highest BCUT2D eigenvalue weighted by molar-refractivity contribution is 6.10. The van der Waals surface area contributed by atoms with Crippen LogP contribution in [-0.4, -0.2) is 19.5 Å². The van der Waals surface area contributed by atoms with Gasteiger partial charge in [0.25, 0.3) is 0 Å². The molecule has 3 aromatic heterocycles. The molecule has 3 heterocycles. The number of furan rings is 1. The second-order valence-electron chi connectivity index (χ2n) is 12.5. The summed E-state index contributed by atoms with van der Waals surface area (Å²) in [5.41, 5.74) is 10.1. The van der Waals surface area contributed by atoms with Crippen LogP contribution in [0.4, 0.5) is 0 Å². The maximum absolute atomic E-state index is 6.41. The van der Waals surface area contributed by atoms with Crippen LogP contribution in [0.1, 0.15) is 0 Å². The van der Waals surface area contributed by atoms with Gasteiger partial charge in [0.1, 0.15) is 11.2 Å². The minimum atomic E-state index is 0.560. The quantitative estimate of drug-likeness (QED) is 0.188. The maximum atomic E-state index is 6.41. The van der Waals surface area contributed by atoms with Crippen molar-refractivity contribution < 1.29 is 4.42 Å². The van der Waals surface area contributed by atoms with E-state index in [1.165, 1.54) is 11.1 Å². The van der Waals surface area contributed by atoms with E-state index in [4.69, 9.17) is 19.4 Å². The summed E-state index contributed by atoms with van der Waals surface area (Å²) < 4.78 is 8.56. The topological polar surface area (TPSA) is 56.7 Å². The molecule has 0 spiro atoms. The van der Waals surface area contributed by atoms with Crippen LogP contribution in [0.5, 0.6) is 0 Å². The first kappa shape index (κ1) is 28.2. The number of para-hydroxylation sites is 1. The fraction of sp³-hybridized carbons (Fsp3) is 0. The molecule has 10 aromatic rings. The Bertz CT molecular complexity index is 2860. The third-order valence-corrected chi connectivity index (χ3v) is 9.47. The van der Waals surface area contributed by atoms with E-state index in [1.807, 2.05) is 48.5 Å². The second kappa shape index (κ2) is 11.4. The van der Waals surface area contributed by atoms with Crippen molar-refractivity contribution in [3.8, 4) is 51.0 Å². The summed E-state index contributed by atoms with van der Waals surface area (Å²) in [5, 5.41) is 4.41. The molecule has 0 bridgehead atoms. The van der Waals surface area contributed by atoms with Gasteiger partial charge >= 0.3 is 0 Å². The van der Waals surface area contributed by atoms with Crippen LogP contribution in [0.15, 0.2) is 174 Å². The van der Waals surface area contributed by atoms with E-state index >= 15 is 0 Å². The largest absolute Gasteiger partial charge is 0.456 e. The highest BCUT2D eigenvalue weighted by Gasteiger charge is 2.19. The van der Waals surface area contributed by atoms with Crippen molar-refractivity contribution in [1.82, 2.24) is 19.5 Å². The van der Waals surface area contributed by atoms with Gasteiger partial charge in [-0.3, -0.25) is 4.57 Å². The van der Waals surface area contributed by atoms with Gasteiger partial charge in [0.05, 0.1) is 11.0 Å². The van der Waals surface area contributed by atoms with Crippen LogP contribution in [-0.2, 0) is 0 Å². The van der Waals surface area contributed by atoms with Crippen molar-refractivity contribution in [2.75, 3.05) is 0 Å².